The minimum absolute atomic E-state index is 0.214. The van der Waals surface area contributed by atoms with Gasteiger partial charge in [-0.3, -0.25) is 0 Å². The molecule has 1 aromatic heterocycles. The number of ether oxygens (including phenoxy) is 1. The van der Waals surface area contributed by atoms with Gasteiger partial charge in [-0.05, 0) is 36.2 Å². The van der Waals surface area contributed by atoms with E-state index in [1.54, 1.807) is 0 Å². The zero-order chi connectivity index (χ0) is 23.0. The van der Waals surface area contributed by atoms with Crippen LogP contribution in [0.3, 0.4) is 0 Å². The summed E-state index contributed by atoms with van der Waals surface area (Å²) in [6, 6.07) is 6.22. The summed E-state index contributed by atoms with van der Waals surface area (Å²) >= 11 is 0.545. The van der Waals surface area contributed by atoms with Gasteiger partial charge >= 0.3 is 11.5 Å². The smallest absolute Gasteiger partial charge is 0.416 e. The molecule has 0 aliphatic carbocycles. The molecule has 0 saturated carbocycles. The lowest BCUT2D eigenvalue weighted by Crippen LogP contribution is -2.40. The Morgan fingerprint density at radius 3 is 2.42 bits per heavy atom. The number of carbonyl (C=O) groups excluding carboxylic acids is 1. The quantitative estimate of drug-likeness (QED) is 0.461. The number of rotatable bonds is 4. The van der Waals surface area contributed by atoms with Gasteiger partial charge < -0.3 is 4.74 Å². The van der Waals surface area contributed by atoms with Crippen molar-refractivity contribution >= 4 is 43.6 Å². The van der Waals surface area contributed by atoms with Gasteiger partial charge in [0.2, 0.25) is 0 Å². The highest BCUT2D eigenvalue weighted by molar-refractivity contribution is 8.12. The number of alkyl halides is 5. The van der Waals surface area contributed by atoms with Gasteiger partial charge in [0.1, 0.15) is 4.91 Å². The van der Waals surface area contributed by atoms with Crippen LogP contribution in [0.15, 0.2) is 42.6 Å². The maximum atomic E-state index is 13.6. The molecule has 0 saturated heterocycles. The summed E-state index contributed by atoms with van der Waals surface area (Å²) in [4.78, 5) is 14.7. The first-order chi connectivity index (χ1) is 14.5. The van der Waals surface area contributed by atoms with Crippen LogP contribution >= 0.6 is 11.8 Å². The molecule has 13 heteroatoms. The van der Waals surface area contributed by atoms with Crippen molar-refractivity contribution < 1.29 is 39.9 Å². The zero-order valence-electron chi connectivity index (χ0n) is 15.6. The first-order valence-corrected chi connectivity index (χ1v) is 11.1. The van der Waals surface area contributed by atoms with Crippen LogP contribution in [0.1, 0.15) is 16.7 Å². The van der Waals surface area contributed by atoms with Crippen LogP contribution in [-0.4, -0.2) is 37.9 Å². The molecular formula is C18H13F5N2O4S2. The standard InChI is InChI=1S/C18H13F5N2O4S2/c1-30-17(26)29-14-11-6-4-8-24-16(11)25(9-13(19)20)31(27,28)15(14)10-5-2-3-7-12(10)18(21,22)23/h2-8,13H,9H2,1H3. The van der Waals surface area contributed by atoms with Crippen LogP contribution in [0.25, 0.3) is 10.7 Å². The number of hydrogen-bond donors (Lipinski definition) is 0. The van der Waals surface area contributed by atoms with Crippen molar-refractivity contribution in [1.82, 2.24) is 4.98 Å². The topological polar surface area (TPSA) is 76.6 Å². The van der Waals surface area contributed by atoms with Gasteiger partial charge in [0.15, 0.2) is 11.6 Å². The second-order valence-corrected chi connectivity index (χ2v) is 8.60. The minimum atomic E-state index is -5.03. The fourth-order valence-electron chi connectivity index (χ4n) is 2.96. The van der Waals surface area contributed by atoms with Crippen LogP contribution in [0, 0.1) is 0 Å². The Kier molecular flexibility index (Phi) is 6.28. The highest BCUT2D eigenvalue weighted by Gasteiger charge is 2.45. The SMILES string of the molecule is CSC(=O)OC1=C(c2ccccc2C(F)(F)F)S(=O)(=O)N(CC(F)F)c2ncccc21. The number of benzene rings is 1. The molecule has 6 nitrogen and oxygen atoms in total. The van der Waals surface area contributed by atoms with E-state index in [0.717, 1.165) is 24.4 Å². The number of hydrogen-bond acceptors (Lipinski definition) is 6. The molecule has 166 valence electrons. The monoisotopic (exact) mass is 480 g/mol. The highest BCUT2D eigenvalue weighted by atomic mass is 32.2. The van der Waals surface area contributed by atoms with Gasteiger partial charge in [-0.2, -0.15) is 13.2 Å². The first kappa shape index (κ1) is 23.0. The third-order valence-corrected chi connectivity index (χ3v) is 6.40. The lowest BCUT2D eigenvalue weighted by Gasteiger charge is -2.32. The van der Waals surface area contributed by atoms with E-state index in [2.05, 4.69) is 4.98 Å². The molecule has 1 aliphatic heterocycles. The average Bonchev–Trinajstić information content (AvgIpc) is 2.70. The number of halogens is 5. The van der Waals surface area contributed by atoms with Crippen molar-refractivity contribution in [2.45, 2.75) is 12.6 Å². The maximum absolute atomic E-state index is 13.6. The molecule has 0 fully saturated rings. The van der Waals surface area contributed by atoms with Gasteiger partial charge in [-0.15, -0.1) is 0 Å². The van der Waals surface area contributed by atoms with Crippen LogP contribution in [0.4, 0.5) is 32.6 Å². The average molecular weight is 480 g/mol. The third kappa shape index (κ3) is 4.37. The molecule has 0 unspecified atom stereocenters. The molecule has 0 radical (unpaired) electrons. The van der Waals surface area contributed by atoms with Crippen molar-refractivity contribution in [1.29, 1.82) is 0 Å². The summed E-state index contributed by atoms with van der Waals surface area (Å²) < 4.78 is 99.2. The van der Waals surface area contributed by atoms with Crippen molar-refractivity contribution in [3.05, 3.63) is 59.3 Å². The Balaban J connectivity index is 2.44. The molecule has 1 aliphatic rings. The third-order valence-electron chi connectivity index (χ3n) is 4.15. The number of aromatic nitrogens is 1. The highest BCUT2D eigenvalue weighted by Crippen LogP contribution is 2.46. The van der Waals surface area contributed by atoms with Gasteiger partial charge in [-0.25, -0.2) is 31.3 Å². The Labute approximate surface area is 177 Å². The summed E-state index contributed by atoms with van der Waals surface area (Å²) in [5.74, 6) is -1.20. The molecule has 0 bridgehead atoms. The molecule has 1 aromatic carbocycles. The van der Waals surface area contributed by atoms with E-state index < -0.39 is 62.1 Å². The van der Waals surface area contributed by atoms with E-state index in [9.17, 15) is 35.2 Å². The fraction of sp³-hybridized carbons (Fsp3) is 0.222. The predicted molar refractivity (Wildman–Crippen MR) is 105 cm³/mol. The zero-order valence-corrected chi connectivity index (χ0v) is 17.2. The van der Waals surface area contributed by atoms with Crippen LogP contribution < -0.4 is 4.31 Å². The summed E-state index contributed by atoms with van der Waals surface area (Å²) in [6.45, 7) is -1.35. The molecule has 0 atom stereocenters. The molecular weight excluding hydrogens is 467 g/mol. The number of thioether (sulfide) groups is 1. The molecule has 0 amide bonds. The van der Waals surface area contributed by atoms with Crippen molar-refractivity contribution in [2.75, 3.05) is 17.1 Å². The number of anilines is 1. The lowest BCUT2D eigenvalue weighted by atomic mass is 10.0. The number of carbonyl (C=O) groups is 1. The summed E-state index contributed by atoms with van der Waals surface area (Å²) in [6.07, 6.45) is -5.69. The Hall–Kier alpha value is -2.67. The molecule has 2 heterocycles. The first-order valence-electron chi connectivity index (χ1n) is 8.41. The molecule has 2 aromatic rings. The van der Waals surface area contributed by atoms with Gasteiger partial charge in [0.25, 0.3) is 16.4 Å². The maximum Gasteiger partial charge on any atom is 0.417 e. The van der Waals surface area contributed by atoms with Gasteiger partial charge in [0.05, 0.1) is 17.7 Å². The Morgan fingerprint density at radius 2 is 1.81 bits per heavy atom. The Bertz CT molecular complexity index is 1150. The Morgan fingerprint density at radius 1 is 1.16 bits per heavy atom. The second-order valence-electron chi connectivity index (χ2n) is 6.06. The van der Waals surface area contributed by atoms with E-state index in [4.69, 9.17) is 4.74 Å². The molecule has 0 N–H and O–H groups in total. The number of sulfonamides is 1. The number of nitrogens with zero attached hydrogens (tertiary/aromatic N) is 2. The van der Waals surface area contributed by atoms with Crippen LogP contribution in [0.5, 0.6) is 0 Å². The van der Waals surface area contributed by atoms with Crippen molar-refractivity contribution in [3.8, 4) is 0 Å². The second kappa shape index (κ2) is 8.46. The van der Waals surface area contributed by atoms with Crippen LogP contribution in [0.2, 0.25) is 0 Å². The minimum Gasteiger partial charge on any atom is -0.416 e. The predicted octanol–water partition coefficient (Wildman–Crippen LogP) is 4.84. The summed E-state index contributed by atoms with van der Waals surface area (Å²) in [5.41, 5.74) is -2.39. The lowest BCUT2D eigenvalue weighted by molar-refractivity contribution is -0.137. The van der Waals surface area contributed by atoms with Gasteiger partial charge in [-0.1, -0.05) is 18.2 Å². The van der Waals surface area contributed by atoms with E-state index in [1.165, 1.54) is 18.4 Å². The van der Waals surface area contributed by atoms with E-state index in [-0.39, 0.29) is 9.87 Å². The van der Waals surface area contributed by atoms with E-state index >= 15 is 0 Å². The van der Waals surface area contributed by atoms with Gasteiger partial charge in [0, 0.05) is 11.8 Å². The van der Waals surface area contributed by atoms with E-state index in [0.29, 0.717) is 17.8 Å². The summed E-state index contributed by atoms with van der Waals surface area (Å²) in [7, 11) is -5.03. The van der Waals surface area contributed by atoms with E-state index in [1.807, 2.05) is 0 Å². The molecule has 0 spiro atoms. The van der Waals surface area contributed by atoms with Crippen LogP contribution in [-0.2, 0) is 20.9 Å². The largest absolute Gasteiger partial charge is 0.417 e. The normalized spacial score (nSPS) is 15.8. The molecule has 31 heavy (non-hydrogen) atoms. The van der Waals surface area contributed by atoms with Crippen molar-refractivity contribution in [3.63, 3.8) is 0 Å². The molecule has 3 rings (SSSR count). The number of pyridine rings is 1. The number of fused-ring (bicyclic) bond motifs is 1. The fourth-order valence-corrected chi connectivity index (χ4v) is 4.87. The summed E-state index contributed by atoms with van der Waals surface area (Å²) in [5, 5.41) is -1.01. The van der Waals surface area contributed by atoms with Crippen molar-refractivity contribution in [2.24, 2.45) is 0 Å².